The Morgan fingerprint density at radius 2 is 2.09 bits per heavy atom. The summed E-state index contributed by atoms with van der Waals surface area (Å²) in [6, 6.07) is 7.08. The number of fused-ring (bicyclic) bond motifs is 1. The Kier molecular flexibility index (Phi) is 4.55. The van der Waals surface area contributed by atoms with E-state index in [-0.39, 0.29) is 17.8 Å². The van der Waals surface area contributed by atoms with E-state index in [1.54, 1.807) is 12.1 Å². The van der Waals surface area contributed by atoms with Gasteiger partial charge in [-0.25, -0.2) is 8.42 Å². The first-order valence-corrected chi connectivity index (χ1v) is 9.68. The van der Waals surface area contributed by atoms with Crippen LogP contribution in [0.2, 0.25) is 0 Å². The first kappa shape index (κ1) is 16.2. The minimum absolute atomic E-state index is 0.0933. The number of H-pyrrole nitrogens is 1. The van der Waals surface area contributed by atoms with Crippen molar-refractivity contribution in [1.29, 1.82) is 0 Å². The number of benzene rings is 1. The standard InChI is InChI=1S/C17H23N3O2S/c1-12-6-8-15(9-7-12)23(21,22)11-13(2)19-16-5-3-4-14-10-18-20-17(14)16/h6-10,13,16,19H,3-5,11H2,1-2H3,(H,18,20). The fourth-order valence-corrected chi connectivity index (χ4v) is 4.69. The molecule has 124 valence electrons. The summed E-state index contributed by atoms with van der Waals surface area (Å²) in [6.45, 7) is 3.88. The molecule has 2 N–H and O–H groups in total. The van der Waals surface area contributed by atoms with Gasteiger partial charge in [0, 0.05) is 12.1 Å². The third-order valence-electron chi connectivity index (χ3n) is 4.37. The molecule has 1 aliphatic rings. The third-order valence-corrected chi connectivity index (χ3v) is 6.30. The van der Waals surface area contributed by atoms with E-state index in [4.69, 9.17) is 0 Å². The lowest BCUT2D eigenvalue weighted by molar-refractivity contribution is 0.415. The zero-order valence-electron chi connectivity index (χ0n) is 13.5. The number of aryl methyl sites for hydroxylation is 2. The maximum atomic E-state index is 12.5. The number of aromatic amines is 1. The number of aromatic nitrogens is 2. The molecule has 0 radical (unpaired) electrons. The molecule has 1 aliphatic carbocycles. The fourth-order valence-electron chi connectivity index (χ4n) is 3.19. The smallest absolute Gasteiger partial charge is 0.179 e. The lowest BCUT2D eigenvalue weighted by atomic mass is 9.93. The highest BCUT2D eigenvalue weighted by Gasteiger charge is 2.25. The lowest BCUT2D eigenvalue weighted by Crippen LogP contribution is -2.37. The molecule has 1 aromatic carbocycles. The van der Waals surface area contributed by atoms with Gasteiger partial charge in [-0.05, 0) is 50.8 Å². The summed E-state index contributed by atoms with van der Waals surface area (Å²) in [6.07, 6.45) is 5.02. The number of rotatable bonds is 5. The van der Waals surface area contributed by atoms with Crippen LogP contribution >= 0.6 is 0 Å². The largest absolute Gasteiger partial charge is 0.305 e. The first-order chi connectivity index (χ1) is 11.0. The zero-order chi connectivity index (χ0) is 16.4. The summed E-state index contributed by atoms with van der Waals surface area (Å²) >= 11 is 0. The van der Waals surface area contributed by atoms with E-state index < -0.39 is 9.84 Å². The Morgan fingerprint density at radius 1 is 1.35 bits per heavy atom. The molecule has 1 aromatic heterocycles. The molecule has 0 aliphatic heterocycles. The molecule has 0 fully saturated rings. The molecular weight excluding hydrogens is 310 g/mol. The van der Waals surface area contributed by atoms with Crippen molar-refractivity contribution in [1.82, 2.24) is 15.5 Å². The molecule has 3 rings (SSSR count). The van der Waals surface area contributed by atoms with Gasteiger partial charge in [-0.2, -0.15) is 5.10 Å². The van der Waals surface area contributed by atoms with Crippen LogP contribution in [0.1, 0.15) is 42.6 Å². The van der Waals surface area contributed by atoms with Crippen LogP contribution in [0.15, 0.2) is 35.4 Å². The second-order valence-corrected chi connectivity index (χ2v) is 8.45. The van der Waals surface area contributed by atoms with Gasteiger partial charge in [0.15, 0.2) is 9.84 Å². The average Bonchev–Trinajstić information content (AvgIpc) is 2.96. The second kappa shape index (κ2) is 6.45. The van der Waals surface area contributed by atoms with Crippen molar-refractivity contribution in [3.8, 4) is 0 Å². The van der Waals surface area contributed by atoms with Crippen molar-refractivity contribution < 1.29 is 8.42 Å². The van der Waals surface area contributed by atoms with Gasteiger partial charge in [-0.15, -0.1) is 0 Å². The highest BCUT2D eigenvalue weighted by atomic mass is 32.2. The molecule has 1 heterocycles. The van der Waals surface area contributed by atoms with E-state index in [1.165, 1.54) is 5.56 Å². The molecule has 0 amide bonds. The topological polar surface area (TPSA) is 74.8 Å². The van der Waals surface area contributed by atoms with Crippen molar-refractivity contribution in [2.75, 3.05) is 5.75 Å². The fraction of sp³-hybridized carbons (Fsp3) is 0.471. The second-order valence-electron chi connectivity index (χ2n) is 6.42. The van der Waals surface area contributed by atoms with Gasteiger partial charge < -0.3 is 5.32 Å². The van der Waals surface area contributed by atoms with Gasteiger partial charge in [0.1, 0.15) is 0 Å². The maximum absolute atomic E-state index is 12.5. The summed E-state index contributed by atoms with van der Waals surface area (Å²) in [5.41, 5.74) is 3.40. The van der Waals surface area contributed by atoms with Crippen molar-refractivity contribution in [2.24, 2.45) is 0 Å². The van der Waals surface area contributed by atoms with E-state index in [0.717, 1.165) is 30.5 Å². The Bertz CT molecular complexity index is 765. The van der Waals surface area contributed by atoms with Gasteiger partial charge in [-0.3, -0.25) is 5.10 Å². The highest BCUT2D eigenvalue weighted by molar-refractivity contribution is 7.91. The number of hydrogen-bond donors (Lipinski definition) is 2. The van der Waals surface area contributed by atoms with Gasteiger partial charge in [0.05, 0.1) is 22.5 Å². The minimum Gasteiger partial charge on any atom is -0.305 e. The number of hydrogen-bond acceptors (Lipinski definition) is 4. The van der Waals surface area contributed by atoms with Crippen LogP contribution in [0.4, 0.5) is 0 Å². The molecule has 2 unspecified atom stereocenters. The molecule has 6 heteroatoms. The van der Waals surface area contributed by atoms with Crippen LogP contribution in [-0.2, 0) is 16.3 Å². The molecule has 0 saturated heterocycles. The predicted molar refractivity (Wildman–Crippen MR) is 90.1 cm³/mol. The van der Waals surface area contributed by atoms with E-state index >= 15 is 0 Å². The van der Waals surface area contributed by atoms with Crippen molar-refractivity contribution in [2.45, 2.75) is 50.1 Å². The van der Waals surface area contributed by atoms with Crippen LogP contribution in [0.5, 0.6) is 0 Å². The maximum Gasteiger partial charge on any atom is 0.179 e. The van der Waals surface area contributed by atoms with Crippen LogP contribution in [0.3, 0.4) is 0 Å². The summed E-state index contributed by atoms with van der Waals surface area (Å²) in [5.74, 6) is 0.0933. The zero-order valence-corrected chi connectivity index (χ0v) is 14.4. The number of nitrogens with one attached hydrogen (secondary N) is 2. The van der Waals surface area contributed by atoms with Crippen LogP contribution in [0, 0.1) is 6.92 Å². The predicted octanol–water partition coefficient (Wildman–Crippen LogP) is 2.55. The summed E-state index contributed by atoms with van der Waals surface area (Å²) < 4.78 is 25.1. The third kappa shape index (κ3) is 3.64. The monoisotopic (exact) mass is 333 g/mol. The molecule has 23 heavy (non-hydrogen) atoms. The highest BCUT2D eigenvalue weighted by Crippen LogP contribution is 2.28. The average molecular weight is 333 g/mol. The first-order valence-electron chi connectivity index (χ1n) is 8.03. The molecule has 2 aromatic rings. The number of sulfone groups is 1. The Morgan fingerprint density at radius 3 is 2.83 bits per heavy atom. The Hall–Kier alpha value is -1.66. The molecule has 2 atom stereocenters. The van der Waals surface area contributed by atoms with E-state index in [1.807, 2.05) is 32.2 Å². The number of nitrogens with zero attached hydrogens (tertiary/aromatic N) is 1. The SMILES string of the molecule is Cc1ccc(S(=O)(=O)CC(C)NC2CCCc3cn[nH]c32)cc1. The summed E-state index contributed by atoms with van der Waals surface area (Å²) in [4.78, 5) is 0.391. The van der Waals surface area contributed by atoms with Gasteiger partial charge >= 0.3 is 0 Å². The van der Waals surface area contributed by atoms with E-state index in [0.29, 0.717) is 4.90 Å². The van der Waals surface area contributed by atoms with Crippen molar-refractivity contribution in [3.63, 3.8) is 0 Å². The summed E-state index contributed by atoms with van der Waals surface area (Å²) in [5, 5.41) is 10.6. The summed E-state index contributed by atoms with van der Waals surface area (Å²) in [7, 11) is -3.28. The van der Waals surface area contributed by atoms with Crippen molar-refractivity contribution in [3.05, 3.63) is 47.3 Å². The Labute approximate surface area is 137 Å². The van der Waals surface area contributed by atoms with Crippen molar-refractivity contribution >= 4 is 9.84 Å². The van der Waals surface area contributed by atoms with Crippen LogP contribution in [-0.4, -0.2) is 30.4 Å². The molecule has 0 spiro atoms. The Balaban J connectivity index is 1.68. The molecular formula is C17H23N3O2S. The normalized spacial score (nSPS) is 19.3. The lowest BCUT2D eigenvalue weighted by Gasteiger charge is -2.26. The van der Waals surface area contributed by atoms with Gasteiger partial charge in [-0.1, -0.05) is 17.7 Å². The molecule has 5 nitrogen and oxygen atoms in total. The molecule has 0 saturated carbocycles. The van der Waals surface area contributed by atoms with Crippen LogP contribution < -0.4 is 5.32 Å². The molecule has 0 bridgehead atoms. The van der Waals surface area contributed by atoms with E-state index in [2.05, 4.69) is 15.5 Å². The van der Waals surface area contributed by atoms with Crippen LogP contribution in [0.25, 0.3) is 0 Å². The van der Waals surface area contributed by atoms with E-state index in [9.17, 15) is 8.42 Å². The quantitative estimate of drug-likeness (QED) is 0.882. The van der Waals surface area contributed by atoms with Gasteiger partial charge in [0.2, 0.25) is 0 Å². The van der Waals surface area contributed by atoms with Gasteiger partial charge in [0.25, 0.3) is 0 Å². The minimum atomic E-state index is -3.28.